The highest BCUT2D eigenvalue weighted by Crippen LogP contribution is 2.41. The van der Waals surface area contributed by atoms with Crippen molar-refractivity contribution in [3.8, 4) is 0 Å². The molecule has 2 aliphatic heterocycles. The topological polar surface area (TPSA) is 89.5 Å². The zero-order valence-corrected chi connectivity index (χ0v) is 23.8. The maximum absolute atomic E-state index is 12.5. The minimum Gasteiger partial charge on any atom is -0.467 e. The Kier molecular flexibility index (Phi) is 11.3. The predicted molar refractivity (Wildman–Crippen MR) is 141 cm³/mol. The number of methoxy groups -OCH3 is 1. The predicted octanol–water partition coefficient (Wildman–Crippen LogP) is 4.44. The van der Waals surface area contributed by atoms with Crippen molar-refractivity contribution in [3.05, 3.63) is 35.9 Å². The van der Waals surface area contributed by atoms with Crippen LogP contribution < -0.4 is 0 Å². The molecule has 1 aromatic carbocycles. The van der Waals surface area contributed by atoms with Gasteiger partial charge in [0, 0.05) is 24.7 Å². The number of thioether (sulfide) groups is 1. The average Bonchev–Trinajstić information content (AvgIpc) is 2.88. The molecule has 2 heterocycles. The molecule has 3 rings (SSSR count). The third kappa shape index (κ3) is 7.47. The molecule has 0 N–H and O–H groups in total. The number of carbonyl (C=O) groups is 2. The van der Waals surface area contributed by atoms with E-state index >= 15 is 0 Å². The number of benzene rings is 1. The highest BCUT2D eigenvalue weighted by molar-refractivity contribution is 7.99. The molecule has 0 amide bonds. The highest BCUT2D eigenvalue weighted by atomic mass is 32.2. The third-order valence-electron chi connectivity index (χ3n) is 7.49. The first kappa shape index (κ1) is 29.9. The Balaban J connectivity index is 1.79. The Morgan fingerprint density at radius 3 is 2.27 bits per heavy atom. The van der Waals surface area contributed by atoms with Gasteiger partial charge < -0.3 is 28.4 Å². The van der Waals surface area contributed by atoms with Crippen LogP contribution in [0.2, 0.25) is 0 Å². The van der Waals surface area contributed by atoms with E-state index in [9.17, 15) is 9.59 Å². The summed E-state index contributed by atoms with van der Waals surface area (Å²) in [6.45, 7) is 12.4. The van der Waals surface area contributed by atoms with Crippen molar-refractivity contribution < 1.29 is 38.0 Å². The molecule has 2 fully saturated rings. The van der Waals surface area contributed by atoms with Gasteiger partial charge >= 0.3 is 11.9 Å². The lowest BCUT2D eigenvalue weighted by atomic mass is 9.83. The van der Waals surface area contributed by atoms with Gasteiger partial charge in [-0.2, -0.15) is 0 Å². The Bertz CT molecular complexity index is 867. The van der Waals surface area contributed by atoms with Crippen LogP contribution in [-0.2, 0) is 44.6 Å². The molecule has 2 aliphatic rings. The summed E-state index contributed by atoms with van der Waals surface area (Å²) < 4.78 is 36.0. The minimum atomic E-state index is -0.806. The molecule has 0 spiro atoms. The maximum atomic E-state index is 12.5. The van der Waals surface area contributed by atoms with Crippen molar-refractivity contribution in [1.29, 1.82) is 0 Å². The molecule has 4 unspecified atom stereocenters. The molecule has 8 nitrogen and oxygen atoms in total. The van der Waals surface area contributed by atoms with Gasteiger partial charge in [0.25, 0.3) is 0 Å². The number of carbonyl (C=O) groups excluding carboxylic acids is 2. The Hall–Kier alpha value is -1.65. The summed E-state index contributed by atoms with van der Waals surface area (Å²) in [7, 11) is 1.36. The SMILES string of the molecule is CCS[C@H]1OC(C(=O)OC)[C@H](C)[C@H](O[C@@H]2OC(COCc3ccccc3)[C@H](C)[C@H](C)C2OC(C)=O)C1C. The molecule has 0 saturated carbocycles. The summed E-state index contributed by atoms with van der Waals surface area (Å²) in [5.74, 6) is -0.281. The Labute approximate surface area is 225 Å². The van der Waals surface area contributed by atoms with Crippen molar-refractivity contribution in [2.45, 2.75) is 84.3 Å². The molecule has 0 bridgehead atoms. The Morgan fingerprint density at radius 2 is 1.65 bits per heavy atom. The molecular weight excluding hydrogens is 496 g/mol. The quantitative estimate of drug-likeness (QED) is 0.401. The van der Waals surface area contributed by atoms with E-state index in [1.165, 1.54) is 14.0 Å². The summed E-state index contributed by atoms with van der Waals surface area (Å²) in [6, 6.07) is 9.98. The molecule has 0 radical (unpaired) electrons. The standard InChI is InChI=1S/C28H42O8S/c1-8-37-28-19(5)23(18(4)24(36-28)26(30)31-7)35-27-25(33-20(6)29)17(3)16(2)22(34-27)15-32-14-21-12-10-9-11-13-21/h9-13,16-19,22-25,27-28H,8,14-15H2,1-7H3/t16-,17+,18-,19?,22?,23+,24?,25?,27+,28-/m1/s1. The van der Waals surface area contributed by atoms with E-state index in [4.69, 9.17) is 28.4 Å². The number of rotatable bonds is 10. The van der Waals surface area contributed by atoms with Crippen molar-refractivity contribution >= 4 is 23.7 Å². The van der Waals surface area contributed by atoms with Crippen LogP contribution in [0.15, 0.2) is 30.3 Å². The van der Waals surface area contributed by atoms with Crippen molar-refractivity contribution in [3.63, 3.8) is 0 Å². The minimum absolute atomic E-state index is 0.0318. The number of hydrogen-bond donors (Lipinski definition) is 0. The van der Waals surface area contributed by atoms with Crippen LogP contribution in [0.25, 0.3) is 0 Å². The summed E-state index contributed by atoms with van der Waals surface area (Å²) in [4.78, 5) is 24.6. The van der Waals surface area contributed by atoms with Gasteiger partial charge in [0.1, 0.15) is 5.44 Å². The summed E-state index contributed by atoms with van der Waals surface area (Å²) >= 11 is 1.63. The van der Waals surface area contributed by atoms with Crippen molar-refractivity contribution in [1.82, 2.24) is 0 Å². The second-order valence-corrected chi connectivity index (χ2v) is 11.4. The smallest absolute Gasteiger partial charge is 0.335 e. The largest absolute Gasteiger partial charge is 0.467 e. The van der Waals surface area contributed by atoms with Crippen molar-refractivity contribution in [2.75, 3.05) is 19.5 Å². The second-order valence-electron chi connectivity index (χ2n) is 10.1. The van der Waals surface area contributed by atoms with Gasteiger partial charge in [0.2, 0.25) is 0 Å². The lowest BCUT2D eigenvalue weighted by molar-refractivity contribution is -0.312. The molecule has 2 saturated heterocycles. The molecule has 0 aliphatic carbocycles. The fourth-order valence-corrected chi connectivity index (χ4v) is 6.11. The third-order valence-corrected chi connectivity index (χ3v) is 8.69. The van der Waals surface area contributed by atoms with E-state index in [1.807, 2.05) is 51.1 Å². The first-order chi connectivity index (χ1) is 17.7. The number of hydrogen-bond acceptors (Lipinski definition) is 9. The molecule has 9 heteroatoms. The lowest BCUT2D eigenvalue weighted by Crippen LogP contribution is -2.58. The van der Waals surface area contributed by atoms with Gasteiger partial charge in [-0.3, -0.25) is 4.79 Å². The molecule has 0 aromatic heterocycles. The summed E-state index contributed by atoms with van der Waals surface area (Å²) in [6.07, 6.45) is -2.78. The second kappa shape index (κ2) is 13.9. The van der Waals surface area contributed by atoms with E-state index in [0.717, 1.165) is 11.3 Å². The fourth-order valence-electron chi connectivity index (χ4n) is 5.12. The molecule has 1 aromatic rings. The summed E-state index contributed by atoms with van der Waals surface area (Å²) in [5.41, 5.74) is 0.843. The van der Waals surface area contributed by atoms with E-state index in [1.54, 1.807) is 11.8 Å². The van der Waals surface area contributed by atoms with Gasteiger partial charge in [0.15, 0.2) is 18.5 Å². The normalized spacial score (nSPS) is 36.1. The van der Waals surface area contributed by atoms with Crippen LogP contribution in [0, 0.1) is 23.7 Å². The zero-order valence-electron chi connectivity index (χ0n) is 23.0. The zero-order chi connectivity index (χ0) is 27.1. The van der Waals surface area contributed by atoms with Crippen LogP contribution in [0.3, 0.4) is 0 Å². The fraction of sp³-hybridized carbons (Fsp3) is 0.714. The van der Waals surface area contributed by atoms with E-state index < -0.39 is 24.5 Å². The van der Waals surface area contributed by atoms with Crippen LogP contribution in [0.1, 0.15) is 47.1 Å². The van der Waals surface area contributed by atoms with Gasteiger partial charge in [-0.25, -0.2) is 4.79 Å². The van der Waals surface area contributed by atoms with Crippen LogP contribution >= 0.6 is 11.8 Å². The summed E-state index contributed by atoms with van der Waals surface area (Å²) in [5, 5.41) is 0. The highest BCUT2D eigenvalue weighted by Gasteiger charge is 2.50. The van der Waals surface area contributed by atoms with Crippen molar-refractivity contribution in [2.24, 2.45) is 23.7 Å². The Morgan fingerprint density at radius 1 is 0.946 bits per heavy atom. The van der Waals surface area contributed by atoms with E-state index in [-0.39, 0.29) is 47.3 Å². The van der Waals surface area contributed by atoms with Gasteiger partial charge in [-0.05, 0) is 17.2 Å². The van der Waals surface area contributed by atoms with E-state index in [0.29, 0.717) is 13.2 Å². The van der Waals surface area contributed by atoms with Gasteiger partial charge in [-0.15, -0.1) is 11.8 Å². The van der Waals surface area contributed by atoms with Crippen LogP contribution in [0.4, 0.5) is 0 Å². The number of esters is 2. The first-order valence-electron chi connectivity index (χ1n) is 13.1. The van der Waals surface area contributed by atoms with Crippen LogP contribution in [0.5, 0.6) is 0 Å². The lowest BCUT2D eigenvalue weighted by Gasteiger charge is -2.48. The van der Waals surface area contributed by atoms with E-state index in [2.05, 4.69) is 13.8 Å². The average molecular weight is 539 g/mol. The number of ether oxygens (including phenoxy) is 6. The van der Waals surface area contributed by atoms with Gasteiger partial charge in [-0.1, -0.05) is 65.0 Å². The molecular formula is C28H42O8S. The molecule has 37 heavy (non-hydrogen) atoms. The maximum Gasteiger partial charge on any atom is 0.335 e. The van der Waals surface area contributed by atoms with Crippen LogP contribution in [-0.4, -0.2) is 67.6 Å². The monoisotopic (exact) mass is 538 g/mol. The van der Waals surface area contributed by atoms with Gasteiger partial charge in [0.05, 0.1) is 32.5 Å². The first-order valence-corrected chi connectivity index (χ1v) is 14.2. The molecule has 10 atom stereocenters. The molecule has 208 valence electrons.